The van der Waals surface area contributed by atoms with Gasteiger partial charge in [-0.3, -0.25) is 9.78 Å². The van der Waals surface area contributed by atoms with Crippen molar-refractivity contribution in [3.8, 4) is 16.8 Å². The Kier molecular flexibility index (Phi) is 5.85. The average Bonchev–Trinajstić information content (AvgIpc) is 3.26. The van der Waals surface area contributed by atoms with E-state index in [-0.39, 0.29) is 12.1 Å². The van der Waals surface area contributed by atoms with Gasteiger partial charge in [0.25, 0.3) is 5.91 Å². The number of para-hydroxylation sites is 1. The molecule has 4 N–H and O–H groups in total. The Balaban J connectivity index is 1.43. The second-order valence-electron chi connectivity index (χ2n) is 9.86. The molecule has 0 aliphatic heterocycles. The highest BCUT2D eigenvalue weighted by atomic mass is 16.3. The number of anilines is 1. The van der Waals surface area contributed by atoms with Crippen molar-refractivity contribution < 1.29 is 9.90 Å². The molecular formula is C30H29N5O2. The number of hydrogen-bond donors (Lipinski definition) is 3. The summed E-state index contributed by atoms with van der Waals surface area (Å²) in [6.07, 6.45) is 4.86. The molecular weight excluding hydrogens is 462 g/mol. The van der Waals surface area contributed by atoms with Crippen molar-refractivity contribution in [1.82, 2.24) is 14.8 Å². The Morgan fingerprint density at radius 1 is 1.03 bits per heavy atom. The molecule has 0 bridgehead atoms. The molecule has 7 heteroatoms. The number of amides is 1. The van der Waals surface area contributed by atoms with Crippen molar-refractivity contribution in [2.24, 2.45) is 5.73 Å². The van der Waals surface area contributed by atoms with Crippen molar-refractivity contribution in [2.75, 3.05) is 5.32 Å². The molecule has 1 aliphatic rings. The largest absolute Gasteiger partial charge is 0.393 e. The van der Waals surface area contributed by atoms with Crippen molar-refractivity contribution in [3.05, 3.63) is 84.2 Å². The van der Waals surface area contributed by atoms with E-state index in [1.807, 2.05) is 54.2 Å². The van der Waals surface area contributed by atoms with Crippen LogP contribution in [0.25, 0.3) is 38.6 Å². The lowest BCUT2D eigenvalue weighted by molar-refractivity contribution is 0.100. The van der Waals surface area contributed by atoms with Crippen LogP contribution in [0, 0.1) is 6.92 Å². The molecule has 7 nitrogen and oxygen atoms in total. The van der Waals surface area contributed by atoms with E-state index in [0.717, 1.165) is 70.0 Å². The van der Waals surface area contributed by atoms with Crippen LogP contribution in [0.15, 0.2) is 72.9 Å². The van der Waals surface area contributed by atoms with Gasteiger partial charge >= 0.3 is 0 Å². The number of benzene rings is 3. The minimum absolute atomic E-state index is 0.180. The summed E-state index contributed by atoms with van der Waals surface area (Å²) in [6.45, 7) is 2.01. The van der Waals surface area contributed by atoms with Gasteiger partial charge in [-0.15, -0.1) is 0 Å². The molecule has 0 radical (unpaired) electrons. The van der Waals surface area contributed by atoms with Crippen LogP contribution in [0.5, 0.6) is 0 Å². The minimum atomic E-state index is -0.475. The Morgan fingerprint density at radius 2 is 1.84 bits per heavy atom. The van der Waals surface area contributed by atoms with Crippen LogP contribution < -0.4 is 11.1 Å². The number of carbonyl (C=O) groups excluding carboxylic acids is 1. The van der Waals surface area contributed by atoms with E-state index in [2.05, 4.69) is 34.6 Å². The monoisotopic (exact) mass is 491 g/mol. The maximum Gasteiger partial charge on any atom is 0.250 e. The van der Waals surface area contributed by atoms with E-state index in [9.17, 15) is 9.90 Å². The van der Waals surface area contributed by atoms with Crippen LogP contribution in [0.1, 0.15) is 41.7 Å². The maximum absolute atomic E-state index is 12.2. The van der Waals surface area contributed by atoms with Gasteiger partial charge in [-0.05, 0) is 74.6 Å². The number of aliphatic hydroxyl groups is 1. The third-order valence-corrected chi connectivity index (χ3v) is 7.35. The Hall–Kier alpha value is -4.23. The molecule has 37 heavy (non-hydrogen) atoms. The van der Waals surface area contributed by atoms with E-state index in [1.54, 1.807) is 6.07 Å². The lowest BCUT2D eigenvalue weighted by Crippen LogP contribution is -2.29. The van der Waals surface area contributed by atoms with E-state index in [4.69, 9.17) is 10.8 Å². The number of aromatic nitrogens is 3. The predicted octanol–water partition coefficient (Wildman–Crippen LogP) is 5.36. The molecule has 0 unspecified atom stereocenters. The van der Waals surface area contributed by atoms with E-state index in [0.29, 0.717) is 11.3 Å². The van der Waals surface area contributed by atoms with Crippen LogP contribution in [-0.4, -0.2) is 37.9 Å². The number of aliphatic hydroxyl groups excluding tert-OH is 1. The molecule has 0 atom stereocenters. The fourth-order valence-electron chi connectivity index (χ4n) is 5.44. The van der Waals surface area contributed by atoms with Crippen LogP contribution in [0.3, 0.4) is 0 Å². The summed E-state index contributed by atoms with van der Waals surface area (Å²) in [6, 6.07) is 22.2. The molecule has 2 heterocycles. The molecule has 1 fully saturated rings. The standard InChI is InChI=1S/C30H29N5O2/c1-18-29-24(20-15-19-5-2-3-7-26(19)32-17-20)6-4-8-28(29)35(34-18)22-11-14-25(30(31)37)27(16-22)33-21-9-12-23(36)13-10-21/h2-8,11,14-17,21,23,33,36H,9-10,12-13H2,1H3,(H2,31,37). The van der Waals surface area contributed by atoms with Gasteiger partial charge in [0, 0.05) is 34.3 Å². The molecule has 1 amide bonds. The second-order valence-corrected chi connectivity index (χ2v) is 9.86. The van der Waals surface area contributed by atoms with Crippen LogP contribution in [-0.2, 0) is 0 Å². The third-order valence-electron chi connectivity index (χ3n) is 7.35. The fourth-order valence-corrected chi connectivity index (χ4v) is 5.44. The normalized spacial score (nSPS) is 17.8. The highest BCUT2D eigenvalue weighted by molar-refractivity contribution is 6.00. The van der Waals surface area contributed by atoms with Gasteiger partial charge < -0.3 is 16.2 Å². The van der Waals surface area contributed by atoms with Gasteiger partial charge in [0.05, 0.1) is 34.1 Å². The van der Waals surface area contributed by atoms with Gasteiger partial charge in [0.1, 0.15) is 0 Å². The van der Waals surface area contributed by atoms with Gasteiger partial charge in [-0.25, -0.2) is 4.68 Å². The molecule has 186 valence electrons. The van der Waals surface area contributed by atoms with Crippen molar-refractivity contribution in [3.63, 3.8) is 0 Å². The quantitative estimate of drug-likeness (QED) is 0.307. The Labute approximate surface area is 214 Å². The molecule has 0 saturated heterocycles. The van der Waals surface area contributed by atoms with Gasteiger partial charge in [0.15, 0.2) is 0 Å². The van der Waals surface area contributed by atoms with E-state index < -0.39 is 5.91 Å². The Bertz CT molecular complexity index is 1630. The number of hydrogen-bond acceptors (Lipinski definition) is 5. The molecule has 0 spiro atoms. The first-order chi connectivity index (χ1) is 18.0. The number of fused-ring (bicyclic) bond motifs is 2. The lowest BCUT2D eigenvalue weighted by Gasteiger charge is -2.27. The summed E-state index contributed by atoms with van der Waals surface area (Å²) in [4.78, 5) is 16.9. The smallest absolute Gasteiger partial charge is 0.250 e. The number of nitrogens with two attached hydrogens (primary N) is 1. The van der Waals surface area contributed by atoms with Crippen LogP contribution in [0.2, 0.25) is 0 Å². The molecule has 2 aromatic heterocycles. The first-order valence-corrected chi connectivity index (χ1v) is 12.7. The van der Waals surface area contributed by atoms with Gasteiger partial charge in [0.2, 0.25) is 0 Å². The molecule has 3 aromatic carbocycles. The summed E-state index contributed by atoms with van der Waals surface area (Å²) in [5.41, 5.74) is 12.7. The average molecular weight is 492 g/mol. The third kappa shape index (κ3) is 4.32. The van der Waals surface area contributed by atoms with Crippen molar-refractivity contribution >= 4 is 33.4 Å². The minimum Gasteiger partial charge on any atom is -0.393 e. The van der Waals surface area contributed by atoms with Crippen molar-refractivity contribution in [2.45, 2.75) is 44.8 Å². The Morgan fingerprint density at radius 3 is 2.65 bits per heavy atom. The van der Waals surface area contributed by atoms with Crippen molar-refractivity contribution in [1.29, 1.82) is 0 Å². The van der Waals surface area contributed by atoms with Crippen LogP contribution in [0.4, 0.5) is 5.69 Å². The highest BCUT2D eigenvalue weighted by Crippen LogP contribution is 2.34. The number of carbonyl (C=O) groups is 1. The summed E-state index contributed by atoms with van der Waals surface area (Å²) >= 11 is 0. The maximum atomic E-state index is 12.2. The van der Waals surface area contributed by atoms with Gasteiger partial charge in [-0.1, -0.05) is 30.3 Å². The summed E-state index contributed by atoms with van der Waals surface area (Å²) in [7, 11) is 0. The lowest BCUT2D eigenvalue weighted by atomic mass is 9.92. The zero-order valence-electron chi connectivity index (χ0n) is 20.7. The number of rotatable bonds is 5. The SMILES string of the molecule is Cc1nn(-c2ccc(C(N)=O)c(NC3CCC(O)CC3)c2)c2cccc(-c3cnc4ccccc4c3)c12. The number of nitrogens with zero attached hydrogens (tertiary/aromatic N) is 3. The summed E-state index contributed by atoms with van der Waals surface area (Å²) in [5.74, 6) is -0.475. The molecule has 1 saturated carbocycles. The molecule has 1 aliphatic carbocycles. The zero-order chi connectivity index (χ0) is 25.5. The summed E-state index contributed by atoms with van der Waals surface area (Å²) in [5, 5.41) is 20.4. The fraction of sp³-hybridized carbons (Fsp3) is 0.233. The second kappa shape index (κ2) is 9.33. The molecule has 6 rings (SSSR count). The zero-order valence-corrected chi connectivity index (χ0v) is 20.7. The predicted molar refractivity (Wildman–Crippen MR) is 147 cm³/mol. The number of nitrogens with one attached hydrogen (secondary N) is 1. The topological polar surface area (TPSA) is 106 Å². The van der Waals surface area contributed by atoms with E-state index in [1.165, 1.54) is 0 Å². The van der Waals surface area contributed by atoms with E-state index >= 15 is 0 Å². The number of primary amides is 1. The first-order valence-electron chi connectivity index (χ1n) is 12.7. The molecule has 5 aromatic rings. The number of pyridine rings is 1. The number of aryl methyl sites for hydroxylation is 1. The van der Waals surface area contributed by atoms with Gasteiger partial charge in [-0.2, -0.15) is 5.10 Å². The highest BCUT2D eigenvalue weighted by Gasteiger charge is 2.22. The first kappa shape index (κ1) is 23.2. The summed E-state index contributed by atoms with van der Waals surface area (Å²) < 4.78 is 1.92. The van der Waals surface area contributed by atoms with Crippen LogP contribution >= 0.6 is 0 Å².